The number of aromatic nitrogens is 4. The summed E-state index contributed by atoms with van der Waals surface area (Å²) in [5.74, 6) is 0. The van der Waals surface area contributed by atoms with Crippen LogP contribution in [0.3, 0.4) is 0 Å². The lowest BCUT2D eigenvalue weighted by Crippen LogP contribution is -1.95. The second-order valence-electron chi connectivity index (χ2n) is 15.1. The number of fused-ring (bicyclic) bond motifs is 10. The van der Waals surface area contributed by atoms with E-state index in [1.54, 1.807) is 0 Å². The SMILES string of the molecule is c1ccc(-c2ccc3ccc4ccc(-c5cccc(-c6cccc7c6nc(-c6ccccc6)c6ccc8c(c9ccccc9n8-c8ccccc8)c67)c5)nc4c3n2)cc1. The van der Waals surface area contributed by atoms with Gasteiger partial charge < -0.3 is 4.57 Å². The van der Waals surface area contributed by atoms with E-state index in [1.165, 1.54) is 27.2 Å². The van der Waals surface area contributed by atoms with Crippen molar-refractivity contribution < 1.29 is 0 Å². The summed E-state index contributed by atoms with van der Waals surface area (Å²) in [5, 5.41) is 8.05. The van der Waals surface area contributed by atoms with Crippen molar-refractivity contribution in [3.63, 3.8) is 0 Å². The fraction of sp³-hybridized carbons (Fsp3) is 0. The van der Waals surface area contributed by atoms with Crippen LogP contribution in [-0.2, 0) is 0 Å². The van der Waals surface area contributed by atoms with E-state index in [1.807, 2.05) is 6.07 Å². The minimum absolute atomic E-state index is 0.896. The summed E-state index contributed by atoms with van der Waals surface area (Å²) in [4.78, 5) is 16.0. The molecule has 0 saturated carbocycles. The summed E-state index contributed by atoms with van der Waals surface area (Å²) in [7, 11) is 0. The minimum Gasteiger partial charge on any atom is -0.309 e. The van der Waals surface area contributed by atoms with Gasteiger partial charge in [-0.1, -0.05) is 164 Å². The third-order valence-corrected chi connectivity index (χ3v) is 11.7. The van der Waals surface area contributed by atoms with Crippen LogP contribution in [0.25, 0.3) is 116 Å². The van der Waals surface area contributed by atoms with Gasteiger partial charge in [0.2, 0.25) is 0 Å². The fourth-order valence-electron chi connectivity index (χ4n) is 9.02. The maximum absolute atomic E-state index is 5.58. The third kappa shape index (κ3) is 5.34. The van der Waals surface area contributed by atoms with E-state index >= 15 is 0 Å². The summed E-state index contributed by atoms with van der Waals surface area (Å²) in [5.41, 5.74) is 14.4. The molecular formula is C55H34N4. The zero-order chi connectivity index (χ0) is 38.9. The van der Waals surface area contributed by atoms with E-state index in [-0.39, 0.29) is 0 Å². The van der Waals surface area contributed by atoms with Gasteiger partial charge in [0, 0.05) is 65.6 Å². The lowest BCUT2D eigenvalue weighted by atomic mass is 9.93. The van der Waals surface area contributed by atoms with Gasteiger partial charge in [0.15, 0.2) is 0 Å². The highest BCUT2D eigenvalue weighted by atomic mass is 15.0. The first-order valence-electron chi connectivity index (χ1n) is 20.0. The lowest BCUT2D eigenvalue weighted by molar-refractivity contribution is 1.18. The quantitative estimate of drug-likeness (QED) is 0.165. The van der Waals surface area contributed by atoms with Crippen molar-refractivity contribution >= 4 is 65.3 Å². The van der Waals surface area contributed by atoms with Crippen molar-refractivity contribution in [2.75, 3.05) is 0 Å². The Labute approximate surface area is 340 Å². The van der Waals surface area contributed by atoms with Gasteiger partial charge in [0.1, 0.15) is 0 Å². The van der Waals surface area contributed by atoms with Crippen molar-refractivity contribution in [1.82, 2.24) is 19.5 Å². The Kier molecular flexibility index (Phi) is 7.50. The van der Waals surface area contributed by atoms with E-state index in [4.69, 9.17) is 15.0 Å². The van der Waals surface area contributed by atoms with Crippen LogP contribution < -0.4 is 0 Å². The van der Waals surface area contributed by atoms with Crippen LogP contribution in [0.4, 0.5) is 0 Å². The first kappa shape index (κ1) is 33.2. The van der Waals surface area contributed by atoms with Crippen molar-refractivity contribution in [3.8, 4) is 50.6 Å². The third-order valence-electron chi connectivity index (χ3n) is 11.7. The zero-order valence-corrected chi connectivity index (χ0v) is 31.9. The van der Waals surface area contributed by atoms with Crippen LogP contribution >= 0.6 is 0 Å². The predicted molar refractivity (Wildman–Crippen MR) is 246 cm³/mol. The van der Waals surface area contributed by atoms with Gasteiger partial charge in [-0.3, -0.25) is 0 Å². The van der Waals surface area contributed by atoms with Gasteiger partial charge >= 0.3 is 0 Å². The van der Waals surface area contributed by atoms with E-state index < -0.39 is 0 Å². The number of hydrogen-bond acceptors (Lipinski definition) is 3. The molecule has 4 nitrogen and oxygen atoms in total. The first-order valence-corrected chi connectivity index (χ1v) is 20.0. The fourth-order valence-corrected chi connectivity index (χ4v) is 9.02. The van der Waals surface area contributed by atoms with E-state index in [9.17, 15) is 0 Å². The van der Waals surface area contributed by atoms with Gasteiger partial charge in [0.25, 0.3) is 0 Å². The Morgan fingerprint density at radius 3 is 1.64 bits per heavy atom. The van der Waals surface area contributed by atoms with Crippen molar-refractivity contribution in [2.45, 2.75) is 0 Å². The molecule has 12 aromatic rings. The molecule has 0 N–H and O–H groups in total. The molecule has 0 amide bonds. The van der Waals surface area contributed by atoms with Crippen LogP contribution in [-0.4, -0.2) is 19.5 Å². The van der Waals surface area contributed by atoms with Gasteiger partial charge in [-0.2, -0.15) is 0 Å². The Bertz CT molecular complexity index is 3590. The molecule has 0 aliphatic rings. The summed E-state index contributed by atoms with van der Waals surface area (Å²) in [6.07, 6.45) is 0. The average molecular weight is 751 g/mol. The van der Waals surface area contributed by atoms with Gasteiger partial charge in [-0.25, -0.2) is 15.0 Å². The molecule has 8 aromatic carbocycles. The Morgan fingerprint density at radius 2 is 0.898 bits per heavy atom. The molecule has 0 unspecified atom stereocenters. The Hall–Kier alpha value is -7.95. The molecule has 0 bridgehead atoms. The molecule has 0 saturated heterocycles. The highest BCUT2D eigenvalue weighted by molar-refractivity contribution is 6.30. The predicted octanol–water partition coefficient (Wildman–Crippen LogP) is 14.2. The lowest BCUT2D eigenvalue weighted by Gasteiger charge is -2.15. The van der Waals surface area contributed by atoms with Gasteiger partial charge in [-0.15, -0.1) is 0 Å². The van der Waals surface area contributed by atoms with Gasteiger partial charge in [-0.05, 0) is 48.0 Å². The molecule has 59 heavy (non-hydrogen) atoms. The maximum Gasteiger partial charge on any atom is 0.0972 e. The van der Waals surface area contributed by atoms with E-state index in [0.29, 0.717) is 0 Å². The molecule has 4 aromatic heterocycles. The summed E-state index contributed by atoms with van der Waals surface area (Å²) in [6.45, 7) is 0. The first-order chi connectivity index (χ1) is 29.3. The molecule has 4 heterocycles. The Balaban J connectivity index is 1.09. The number of rotatable bonds is 5. The van der Waals surface area contributed by atoms with Gasteiger partial charge in [0.05, 0.1) is 44.7 Å². The molecule has 4 heteroatoms. The smallest absolute Gasteiger partial charge is 0.0972 e. The molecule has 12 rings (SSSR count). The molecular weight excluding hydrogens is 717 g/mol. The molecule has 0 atom stereocenters. The Morgan fingerprint density at radius 1 is 0.322 bits per heavy atom. The molecule has 0 fully saturated rings. The summed E-state index contributed by atoms with van der Waals surface area (Å²) >= 11 is 0. The second kappa shape index (κ2) is 13.3. The van der Waals surface area contributed by atoms with Crippen molar-refractivity contribution in [3.05, 3.63) is 206 Å². The van der Waals surface area contributed by atoms with Crippen molar-refractivity contribution in [2.24, 2.45) is 0 Å². The molecule has 274 valence electrons. The molecule has 0 spiro atoms. The van der Waals surface area contributed by atoms with Crippen LogP contribution in [0, 0.1) is 0 Å². The molecule has 0 aliphatic heterocycles. The second-order valence-corrected chi connectivity index (χ2v) is 15.1. The summed E-state index contributed by atoms with van der Waals surface area (Å²) < 4.78 is 2.39. The topological polar surface area (TPSA) is 43.6 Å². The number of pyridine rings is 3. The normalized spacial score (nSPS) is 11.7. The molecule has 0 aliphatic carbocycles. The monoisotopic (exact) mass is 750 g/mol. The van der Waals surface area contributed by atoms with Crippen LogP contribution in [0.15, 0.2) is 206 Å². The average Bonchev–Trinajstić information content (AvgIpc) is 3.66. The highest BCUT2D eigenvalue weighted by Gasteiger charge is 2.21. The largest absolute Gasteiger partial charge is 0.309 e. The number of benzene rings is 8. The number of nitrogens with zero attached hydrogens (tertiary/aromatic N) is 4. The van der Waals surface area contributed by atoms with Crippen molar-refractivity contribution in [1.29, 1.82) is 0 Å². The van der Waals surface area contributed by atoms with Crippen LogP contribution in [0.2, 0.25) is 0 Å². The standard InChI is InChI=1S/C55H34N4/c1-4-14-35(15-5-1)46-31-28-37-26-27-38-29-32-47(57-54(38)53(37)56-46)40-19-12-18-39(34-40)42-23-13-24-44-50-45(52(58-55(42)44)36-16-6-2-7-17-36)30-33-49-51(50)43-22-10-11-25-48(43)59(49)41-20-8-3-9-21-41/h1-34H. The van der Waals surface area contributed by atoms with E-state index in [0.717, 1.165) is 88.7 Å². The highest BCUT2D eigenvalue weighted by Crippen LogP contribution is 2.44. The van der Waals surface area contributed by atoms with Crippen LogP contribution in [0.5, 0.6) is 0 Å². The minimum atomic E-state index is 0.896. The van der Waals surface area contributed by atoms with E-state index in [2.05, 4.69) is 205 Å². The maximum atomic E-state index is 5.58. The summed E-state index contributed by atoms with van der Waals surface area (Å²) in [6, 6.07) is 73.1. The zero-order valence-electron chi connectivity index (χ0n) is 31.9. The van der Waals surface area contributed by atoms with Crippen LogP contribution in [0.1, 0.15) is 0 Å². The number of hydrogen-bond donors (Lipinski definition) is 0. The number of para-hydroxylation sites is 3. The molecule has 0 radical (unpaired) electrons.